The van der Waals surface area contributed by atoms with Gasteiger partial charge in [0.15, 0.2) is 5.96 Å². The molecule has 0 aliphatic rings. The van der Waals surface area contributed by atoms with Crippen molar-refractivity contribution in [2.45, 2.75) is 19.6 Å². The molecule has 0 bridgehead atoms. The molecule has 5 nitrogen and oxygen atoms in total. The Kier molecular flexibility index (Phi) is 6.28. The second kappa shape index (κ2) is 9.06. The van der Waals surface area contributed by atoms with Crippen LogP contribution in [0.3, 0.4) is 0 Å². The second-order valence-electron chi connectivity index (χ2n) is 5.94. The minimum Gasteiger partial charge on any atom is -0.352 e. The summed E-state index contributed by atoms with van der Waals surface area (Å²) in [4.78, 5) is 4.25. The standard InChI is InChI=1S/C20H22ClN5/c1-22-20(23-11-17-8-5-9-19(21)10-17)24-12-18-13-25-26(15-18)14-16-6-3-2-4-7-16/h2-10,13,15H,11-12,14H2,1H3,(H2,22,23,24). The molecule has 2 N–H and O–H groups in total. The molecule has 1 heterocycles. The van der Waals surface area contributed by atoms with E-state index >= 15 is 0 Å². The van der Waals surface area contributed by atoms with Crippen LogP contribution >= 0.6 is 11.6 Å². The second-order valence-corrected chi connectivity index (χ2v) is 6.38. The van der Waals surface area contributed by atoms with Gasteiger partial charge in [-0.1, -0.05) is 54.1 Å². The van der Waals surface area contributed by atoms with Crippen molar-refractivity contribution < 1.29 is 0 Å². The minimum atomic E-state index is 0.657. The maximum absolute atomic E-state index is 6.01. The Morgan fingerprint density at radius 3 is 2.46 bits per heavy atom. The Bertz CT molecular complexity index is 857. The Balaban J connectivity index is 1.49. The molecule has 0 amide bonds. The number of rotatable bonds is 6. The lowest BCUT2D eigenvalue weighted by atomic mass is 10.2. The van der Waals surface area contributed by atoms with E-state index in [0.717, 1.165) is 28.7 Å². The fourth-order valence-electron chi connectivity index (χ4n) is 2.59. The summed E-state index contributed by atoms with van der Waals surface area (Å²) in [6, 6.07) is 18.1. The van der Waals surface area contributed by atoms with Crippen LogP contribution in [0.2, 0.25) is 5.02 Å². The van der Waals surface area contributed by atoms with Crippen molar-refractivity contribution >= 4 is 17.6 Å². The molecule has 1 aromatic heterocycles. The summed E-state index contributed by atoms with van der Waals surface area (Å²) >= 11 is 6.01. The zero-order valence-electron chi connectivity index (χ0n) is 14.7. The van der Waals surface area contributed by atoms with Crippen LogP contribution in [-0.2, 0) is 19.6 Å². The quantitative estimate of drug-likeness (QED) is 0.518. The molecule has 134 valence electrons. The largest absolute Gasteiger partial charge is 0.352 e. The van der Waals surface area contributed by atoms with E-state index in [0.29, 0.717) is 13.1 Å². The molecule has 0 saturated carbocycles. The fraction of sp³-hybridized carbons (Fsp3) is 0.200. The van der Waals surface area contributed by atoms with Gasteiger partial charge in [-0.3, -0.25) is 9.67 Å². The van der Waals surface area contributed by atoms with Crippen molar-refractivity contribution in [1.29, 1.82) is 0 Å². The fourth-order valence-corrected chi connectivity index (χ4v) is 2.81. The van der Waals surface area contributed by atoms with Gasteiger partial charge in [-0.05, 0) is 23.3 Å². The highest BCUT2D eigenvalue weighted by atomic mass is 35.5. The highest BCUT2D eigenvalue weighted by molar-refractivity contribution is 6.30. The van der Waals surface area contributed by atoms with Crippen LogP contribution in [0.5, 0.6) is 0 Å². The van der Waals surface area contributed by atoms with E-state index in [4.69, 9.17) is 11.6 Å². The van der Waals surface area contributed by atoms with Crippen molar-refractivity contribution in [3.63, 3.8) is 0 Å². The molecule has 3 aromatic rings. The molecule has 0 unspecified atom stereocenters. The lowest BCUT2D eigenvalue weighted by Gasteiger charge is -2.11. The predicted octanol–water partition coefficient (Wildman–Crippen LogP) is 3.45. The molecule has 0 atom stereocenters. The summed E-state index contributed by atoms with van der Waals surface area (Å²) in [5, 5.41) is 11.7. The molecule has 26 heavy (non-hydrogen) atoms. The van der Waals surface area contributed by atoms with Gasteiger partial charge >= 0.3 is 0 Å². The Morgan fingerprint density at radius 1 is 1.00 bits per heavy atom. The lowest BCUT2D eigenvalue weighted by Crippen LogP contribution is -2.36. The van der Waals surface area contributed by atoms with Crippen LogP contribution in [0, 0.1) is 0 Å². The number of nitrogens with one attached hydrogen (secondary N) is 2. The van der Waals surface area contributed by atoms with Crippen molar-refractivity contribution in [2.75, 3.05) is 7.05 Å². The third kappa shape index (κ3) is 5.36. The molecule has 0 radical (unpaired) electrons. The Hall–Kier alpha value is -2.79. The highest BCUT2D eigenvalue weighted by Gasteiger charge is 2.03. The number of nitrogens with zero attached hydrogens (tertiary/aromatic N) is 3. The van der Waals surface area contributed by atoms with Crippen molar-refractivity contribution in [2.24, 2.45) is 4.99 Å². The summed E-state index contributed by atoms with van der Waals surface area (Å²) in [6.45, 7) is 2.08. The first-order chi connectivity index (χ1) is 12.7. The van der Waals surface area contributed by atoms with Crippen LogP contribution < -0.4 is 10.6 Å². The number of guanidine groups is 1. The molecular formula is C20H22ClN5. The smallest absolute Gasteiger partial charge is 0.191 e. The zero-order chi connectivity index (χ0) is 18.2. The summed E-state index contributed by atoms with van der Waals surface area (Å²) in [5.41, 5.74) is 3.44. The van der Waals surface area contributed by atoms with Gasteiger partial charge in [-0.2, -0.15) is 5.10 Å². The van der Waals surface area contributed by atoms with Crippen LogP contribution in [0.25, 0.3) is 0 Å². The van der Waals surface area contributed by atoms with Crippen LogP contribution in [0.1, 0.15) is 16.7 Å². The molecule has 0 aliphatic heterocycles. The molecule has 2 aromatic carbocycles. The van der Waals surface area contributed by atoms with E-state index in [1.807, 2.05) is 59.5 Å². The third-order valence-electron chi connectivity index (χ3n) is 3.91. The van der Waals surface area contributed by atoms with Gasteiger partial charge in [0.2, 0.25) is 0 Å². The van der Waals surface area contributed by atoms with Crippen LogP contribution in [-0.4, -0.2) is 22.8 Å². The molecule has 6 heteroatoms. The predicted molar refractivity (Wildman–Crippen MR) is 106 cm³/mol. The summed E-state index contributed by atoms with van der Waals surface area (Å²) in [7, 11) is 1.76. The summed E-state index contributed by atoms with van der Waals surface area (Å²) in [5.74, 6) is 0.737. The molecule has 0 saturated heterocycles. The van der Waals surface area contributed by atoms with Gasteiger partial charge in [0, 0.05) is 36.9 Å². The van der Waals surface area contributed by atoms with Gasteiger partial charge in [-0.25, -0.2) is 0 Å². The van der Waals surface area contributed by atoms with Gasteiger partial charge in [0.1, 0.15) is 0 Å². The third-order valence-corrected chi connectivity index (χ3v) is 4.14. The van der Waals surface area contributed by atoms with E-state index in [9.17, 15) is 0 Å². The van der Waals surface area contributed by atoms with E-state index in [1.54, 1.807) is 7.05 Å². The molecule has 3 rings (SSSR count). The van der Waals surface area contributed by atoms with Crippen LogP contribution in [0.4, 0.5) is 0 Å². The van der Waals surface area contributed by atoms with Gasteiger partial charge in [0.05, 0.1) is 12.7 Å². The first-order valence-corrected chi connectivity index (χ1v) is 8.85. The van der Waals surface area contributed by atoms with Gasteiger partial charge < -0.3 is 10.6 Å². The summed E-state index contributed by atoms with van der Waals surface area (Å²) < 4.78 is 1.94. The number of aromatic nitrogens is 2. The summed E-state index contributed by atoms with van der Waals surface area (Å²) in [6.07, 6.45) is 3.92. The zero-order valence-corrected chi connectivity index (χ0v) is 15.4. The topological polar surface area (TPSA) is 54.2 Å². The van der Waals surface area contributed by atoms with Crippen molar-refractivity contribution in [3.05, 3.63) is 88.7 Å². The number of hydrogen-bond donors (Lipinski definition) is 2. The molecule has 0 fully saturated rings. The van der Waals surface area contributed by atoms with E-state index in [1.165, 1.54) is 5.56 Å². The Labute approximate surface area is 158 Å². The number of aliphatic imine (C=N–C) groups is 1. The van der Waals surface area contributed by atoms with E-state index in [-0.39, 0.29) is 0 Å². The van der Waals surface area contributed by atoms with Gasteiger partial charge in [0.25, 0.3) is 0 Å². The molecule has 0 spiro atoms. The first-order valence-electron chi connectivity index (χ1n) is 8.47. The molecule has 0 aliphatic carbocycles. The maximum atomic E-state index is 6.01. The van der Waals surface area contributed by atoms with Gasteiger partial charge in [-0.15, -0.1) is 0 Å². The number of benzene rings is 2. The SMILES string of the molecule is CN=C(NCc1cccc(Cl)c1)NCc1cnn(Cc2ccccc2)c1. The number of hydrogen-bond acceptors (Lipinski definition) is 2. The normalized spacial score (nSPS) is 11.4. The van der Waals surface area contributed by atoms with E-state index < -0.39 is 0 Å². The highest BCUT2D eigenvalue weighted by Crippen LogP contribution is 2.10. The average Bonchev–Trinajstić information content (AvgIpc) is 3.10. The average molecular weight is 368 g/mol. The van der Waals surface area contributed by atoms with Crippen molar-refractivity contribution in [1.82, 2.24) is 20.4 Å². The molecular weight excluding hydrogens is 346 g/mol. The first kappa shape index (κ1) is 18.0. The Morgan fingerprint density at radius 2 is 1.73 bits per heavy atom. The number of halogens is 1. The van der Waals surface area contributed by atoms with Crippen molar-refractivity contribution in [3.8, 4) is 0 Å². The monoisotopic (exact) mass is 367 g/mol. The van der Waals surface area contributed by atoms with Crippen LogP contribution in [0.15, 0.2) is 72.0 Å². The lowest BCUT2D eigenvalue weighted by molar-refractivity contribution is 0.685. The minimum absolute atomic E-state index is 0.657. The maximum Gasteiger partial charge on any atom is 0.191 e. The van der Waals surface area contributed by atoms with E-state index in [2.05, 4.69) is 32.9 Å².